The van der Waals surface area contributed by atoms with Gasteiger partial charge < -0.3 is 15.4 Å². The molecule has 1 aliphatic carbocycles. The summed E-state index contributed by atoms with van der Waals surface area (Å²) in [6, 6.07) is 7.83. The van der Waals surface area contributed by atoms with Crippen molar-refractivity contribution in [3.63, 3.8) is 0 Å². The van der Waals surface area contributed by atoms with Crippen LogP contribution in [0.3, 0.4) is 0 Å². The van der Waals surface area contributed by atoms with Crippen molar-refractivity contribution < 1.29 is 14.3 Å². The molecule has 6 nitrogen and oxygen atoms in total. The largest absolute Gasteiger partial charge is 0.494 e. The number of ether oxygens (including phenoxy) is 1. The average Bonchev–Trinajstić information content (AvgIpc) is 3.37. The number of amides is 2. The number of hydrogen-bond donors (Lipinski definition) is 2. The van der Waals surface area contributed by atoms with Crippen LogP contribution in [0, 0.1) is 0 Å². The van der Waals surface area contributed by atoms with Gasteiger partial charge in [0.2, 0.25) is 11.8 Å². The van der Waals surface area contributed by atoms with Gasteiger partial charge in [-0.3, -0.25) is 14.5 Å². The zero-order valence-corrected chi connectivity index (χ0v) is 14.1. The van der Waals surface area contributed by atoms with E-state index in [1.165, 1.54) is 0 Å². The maximum atomic E-state index is 12.2. The second-order valence-electron chi connectivity index (χ2n) is 6.40. The average molecular weight is 331 g/mol. The summed E-state index contributed by atoms with van der Waals surface area (Å²) in [5, 5.41) is 5.83. The molecule has 1 heterocycles. The number of rotatable bonds is 7. The molecule has 1 atom stereocenters. The van der Waals surface area contributed by atoms with Crippen molar-refractivity contribution >= 4 is 11.8 Å². The Morgan fingerprint density at radius 2 is 2.08 bits per heavy atom. The van der Waals surface area contributed by atoms with Crippen molar-refractivity contribution in [2.45, 2.75) is 44.8 Å². The van der Waals surface area contributed by atoms with Crippen molar-refractivity contribution in [2.75, 3.05) is 19.7 Å². The summed E-state index contributed by atoms with van der Waals surface area (Å²) in [6.45, 7) is 4.62. The quantitative estimate of drug-likeness (QED) is 0.784. The Bertz CT molecular complexity index is 584. The van der Waals surface area contributed by atoms with E-state index in [2.05, 4.69) is 15.5 Å². The molecule has 2 aliphatic rings. The number of nitrogens with zero attached hydrogens (tertiary/aromatic N) is 1. The summed E-state index contributed by atoms with van der Waals surface area (Å²) >= 11 is 0. The number of benzene rings is 1. The Morgan fingerprint density at radius 1 is 1.33 bits per heavy atom. The van der Waals surface area contributed by atoms with E-state index in [1.54, 1.807) is 0 Å². The minimum atomic E-state index is -0.399. The van der Waals surface area contributed by atoms with E-state index in [0.29, 0.717) is 25.7 Å². The van der Waals surface area contributed by atoms with Crippen LogP contribution in [0.1, 0.15) is 31.7 Å². The van der Waals surface area contributed by atoms with Crippen molar-refractivity contribution in [3.05, 3.63) is 29.8 Å². The summed E-state index contributed by atoms with van der Waals surface area (Å²) < 4.78 is 5.45. The fourth-order valence-electron chi connectivity index (χ4n) is 2.96. The molecule has 0 radical (unpaired) electrons. The molecule has 2 amide bonds. The van der Waals surface area contributed by atoms with Crippen LogP contribution in [0.2, 0.25) is 0 Å². The van der Waals surface area contributed by atoms with Crippen LogP contribution in [-0.4, -0.2) is 48.5 Å². The Labute approximate surface area is 142 Å². The zero-order chi connectivity index (χ0) is 16.9. The van der Waals surface area contributed by atoms with Gasteiger partial charge in [0, 0.05) is 25.7 Å². The normalized spacial score (nSPS) is 21.2. The smallest absolute Gasteiger partial charge is 0.237 e. The first kappa shape index (κ1) is 16.8. The van der Waals surface area contributed by atoms with E-state index in [-0.39, 0.29) is 18.2 Å². The molecule has 0 spiro atoms. The molecule has 130 valence electrons. The van der Waals surface area contributed by atoms with Gasteiger partial charge in [-0.15, -0.1) is 0 Å². The molecule has 2 fully saturated rings. The minimum absolute atomic E-state index is 0.0313. The fourth-order valence-corrected chi connectivity index (χ4v) is 2.96. The van der Waals surface area contributed by atoms with E-state index in [4.69, 9.17) is 4.74 Å². The Kier molecular flexibility index (Phi) is 5.35. The second-order valence-corrected chi connectivity index (χ2v) is 6.40. The number of nitrogens with one attached hydrogen (secondary N) is 2. The third-order valence-electron chi connectivity index (χ3n) is 4.38. The van der Waals surface area contributed by atoms with Gasteiger partial charge in [-0.05, 0) is 37.5 Å². The third kappa shape index (κ3) is 4.47. The van der Waals surface area contributed by atoms with Crippen LogP contribution < -0.4 is 15.4 Å². The lowest BCUT2D eigenvalue weighted by atomic mass is 10.1. The molecule has 0 bridgehead atoms. The van der Waals surface area contributed by atoms with Crippen molar-refractivity contribution in [1.29, 1.82) is 0 Å². The second kappa shape index (κ2) is 7.66. The highest BCUT2D eigenvalue weighted by Crippen LogP contribution is 2.20. The first-order valence-corrected chi connectivity index (χ1v) is 8.68. The first-order valence-electron chi connectivity index (χ1n) is 8.68. The first-order chi connectivity index (χ1) is 11.7. The monoisotopic (exact) mass is 331 g/mol. The van der Waals surface area contributed by atoms with Crippen LogP contribution in [0.5, 0.6) is 5.75 Å². The highest BCUT2D eigenvalue weighted by atomic mass is 16.5. The Balaban J connectivity index is 1.61. The Morgan fingerprint density at radius 3 is 2.75 bits per heavy atom. The van der Waals surface area contributed by atoms with Gasteiger partial charge in [0.1, 0.15) is 5.75 Å². The molecular weight excluding hydrogens is 306 g/mol. The molecule has 3 rings (SSSR count). The van der Waals surface area contributed by atoms with Gasteiger partial charge in [-0.25, -0.2) is 0 Å². The lowest BCUT2D eigenvalue weighted by molar-refractivity contribution is -0.134. The fraction of sp³-hybridized carbons (Fsp3) is 0.556. The van der Waals surface area contributed by atoms with E-state index < -0.39 is 6.04 Å². The number of carbonyl (C=O) groups excluding carboxylic acids is 2. The summed E-state index contributed by atoms with van der Waals surface area (Å²) in [7, 11) is 0. The minimum Gasteiger partial charge on any atom is -0.494 e. The summed E-state index contributed by atoms with van der Waals surface area (Å²) in [6.07, 6.45) is 2.33. The van der Waals surface area contributed by atoms with Crippen LogP contribution in [0.15, 0.2) is 24.3 Å². The maximum absolute atomic E-state index is 12.2. The van der Waals surface area contributed by atoms with Gasteiger partial charge in [-0.2, -0.15) is 0 Å². The predicted octanol–water partition coefficient (Wildman–Crippen LogP) is 1.05. The van der Waals surface area contributed by atoms with E-state index >= 15 is 0 Å². The zero-order valence-electron chi connectivity index (χ0n) is 14.1. The standard InChI is InChI=1S/C18H25N3O3/c1-2-24-15-7-3-13(4-8-15)12-21-10-9-19-18(23)16(21)11-17(22)20-14-5-6-14/h3-4,7-8,14,16H,2,5-6,9-12H2,1H3,(H,19,23)(H,20,22)/t16-/m0/s1. The molecular formula is C18H25N3O3. The van der Waals surface area contributed by atoms with Crippen molar-refractivity contribution in [2.24, 2.45) is 0 Å². The molecule has 6 heteroatoms. The molecule has 1 aromatic rings. The SMILES string of the molecule is CCOc1ccc(CN2CCNC(=O)[C@@H]2CC(=O)NC2CC2)cc1. The van der Waals surface area contributed by atoms with Crippen molar-refractivity contribution in [1.82, 2.24) is 15.5 Å². The van der Waals surface area contributed by atoms with Crippen LogP contribution in [-0.2, 0) is 16.1 Å². The summed E-state index contributed by atoms with van der Waals surface area (Å²) in [5.74, 6) is 0.757. The highest BCUT2D eigenvalue weighted by molar-refractivity contribution is 5.89. The lowest BCUT2D eigenvalue weighted by Gasteiger charge is -2.34. The van der Waals surface area contributed by atoms with E-state index in [1.807, 2.05) is 31.2 Å². The maximum Gasteiger partial charge on any atom is 0.237 e. The molecule has 1 saturated heterocycles. The number of piperazine rings is 1. The molecule has 24 heavy (non-hydrogen) atoms. The molecule has 1 saturated carbocycles. The number of carbonyl (C=O) groups is 2. The molecule has 2 N–H and O–H groups in total. The summed E-state index contributed by atoms with van der Waals surface area (Å²) in [4.78, 5) is 26.4. The topological polar surface area (TPSA) is 70.7 Å². The predicted molar refractivity (Wildman–Crippen MR) is 90.6 cm³/mol. The summed E-state index contributed by atoms with van der Waals surface area (Å²) in [5.41, 5.74) is 1.11. The third-order valence-corrected chi connectivity index (χ3v) is 4.38. The van der Waals surface area contributed by atoms with Gasteiger partial charge in [0.05, 0.1) is 19.1 Å². The van der Waals surface area contributed by atoms with E-state index in [0.717, 1.165) is 30.7 Å². The van der Waals surface area contributed by atoms with Crippen LogP contribution in [0.4, 0.5) is 0 Å². The van der Waals surface area contributed by atoms with Gasteiger partial charge in [0.15, 0.2) is 0 Å². The molecule has 1 aromatic carbocycles. The lowest BCUT2D eigenvalue weighted by Crippen LogP contribution is -2.56. The van der Waals surface area contributed by atoms with Crippen LogP contribution >= 0.6 is 0 Å². The van der Waals surface area contributed by atoms with Gasteiger partial charge >= 0.3 is 0 Å². The Hall–Kier alpha value is -2.08. The van der Waals surface area contributed by atoms with E-state index in [9.17, 15) is 9.59 Å². The molecule has 0 aromatic heterocycles. The number of hydrogen-bond acceptors (Lipinski definition) is 4. The van der Waals surface area contributed by atoms with Crippen LogP contribution in [0.25, 0.3) is 0 Å². The van der Waals surface area contributed by atoms with Gasteiger partial charge in [-0.1, -0.05) is 12.1 Å². The highest BCUT2D eigenvalue weighted by Gasteiger charge is 2.33. The molecule has 1 aliphatic heterocycles. The molecule has 0 unspecified atom stereocenters. The van der Waals surface area contributed by atoms with Crippen molar-refractivity contribution in [3.8, 4) is 5.75 Å². The van der Waals surface area contributed by atoms with Gasteiger partial charge in [0.25, 0.3) is 0 Å².